The van der Waals surface area contributed by atoms with Gasteiger partial charge in [-0.3, -0.25) is 9.59 Å². The highest BCUT2D eigenvalue weighted by atomic mass is 16.3. The van der Waals surface area contributed by atoms with Crippen LogP contribution < -0.4 is 0 Å². The number of carbonyl (C=O) groups excluding carboxylic acids is 2. The Morgan fingerprint density at radius 3 is 1.27 bits per heavy atom. The van der Waals surface area contributed by atoms with Crippen LogP contribution in [0.2, 0.25) is 0 Å². The highest BCUT2D eigenvalue weighted by Crippen LogP contribution is 2.27. The summed E-state index contributed by atoms with van der Waals surface area (Å²) in [5, 5.41) is 10.7. The van der Waals surface area contributed by atoms with Gasteiger partial charge in [0.05, 0.1) is 0 Å². The normalized spacial score (nSPS) is 20.0. The van der Waals surface area contributed by atoms with E-state index in [1.54, 1.807) is 9.80 Å². The molecule has 0 aromatic rings. The van der Waals surface area contributed by atoms with Gasteiger partial charge >= 0.3 is 0 Å². The Hall–Kier alpha value is -1.10. The maximum absolute atomic E-state index is 13.1. The van der Waals surface area contributed by atoms with Crippen molar-refractivity contribution in [3.05, 3.63) is 0 Å². The first-order valence-corrected chi connectivity index (χ1v) is 10.7. The third kappa shape index (κ3) is 4.99. The molecule has 0 aromatic heterocycles. The highest BCUT2D eigenvalue weighted by Gasteiger charge is 2.39. The minimum absolute atomic E-state index is 0.00442. The van der Waals surface area contributed by atoms with Crippen molar-refractivity contribution in [1.29, 1.82) is 0 Å². The number of rotatable bonds is 6. The van der Waals surface area contributed by atoms with Gasteiger partial charge in [0.1, 0.15) is 0 Å². The molecule has 5 nitrogen and oxygen atoms in total. The molecule has 0 bridgehead atoms. The van der Waals surface area contributed by atoms with E-state index in [0.29, 0.717) is 0 Å². The Morgan fingerprint density at radius 2 is 1.00 bits per heavy atom. The second kappa shape index (κ2) is 9.72. The second-order valence-electron chi connectivity index (χ2n) is 8.66. The summed E-state index contributed by atoms with van der Waals surface area (Å²) < 4.78 is 0. The second-order valence-corrected chi connectivity index (χ2v) is 8.66. The molecule has 0 unspecified atom stereocenters. The van der Waals surface area contributed by atoms with Crippen LogP contribution in [0.4, 0.5) is 0 Å². The number of hydrogen-bond acceptors (Lipinski definition) is 3. The van der Waals surface area contributed by atoms with Gasteiger partial charge in [0, 0.05) is 24.2 Å². The zero-order valence-electron chi connectivity index (χ0n) is 17.1. The molecule has 0 atom stereocenters. The fourth-order valence-electron chi connectivity index (χ4n) is 4.82. The van der Waals surface area contributed by atoms with Crippen molar-refractivity contribution in [3.63, 3.8) is 0 Å². The predicted molar refractivity (Wildman–Crippen MR) is 104 cm³/mol. The molecule has 2 aliphatic carbocycles. The fraction of sp³-hybridized carbons (Fsp3) is 0.905. The number of nitrogens with zero attached hydrogens (tertiary/aromatic N) is 2. The topological polar surface area (TPSA) is 60.9 Å². The molecule has 1 N–H and O–H groups in total. The van der Waals surface area contributed by atoms with Gasteiger partial charge in [0.15, 0.2) is 0 Å². The van der Waals surface area contributed by atoms with E-state index in [9.17, 15) is 14.7 Å². The lowest BCUT2D eigenvalue weighted by Crippen LogP contribution is -2.57. The van der Waals surface area contributed by atoms with Gasteiger partial charge in [0.25, 0.3) is 11.8 Å². The Balaban J connectivity index is 2.12. The van der Waals surface area contributed by atoms with Crippen molar-refractivity contribution in [1.82, 2.24) is 9.80 Å². The lowest BCUT2D eigenvalue weighted by atomic mass is 9.92. The maximum Gasteiger partial charge on any atom is 0.261 e. The molecule has 26 heavy (non-hydrogen) atoms. The van der Waals surface area contributed by atoms with Gasteiger partial charge in [0.2, 0.25) is 6.10 Å². The van der Waals surface area contributed by atoms with E-state index < -0.39 is 17.9 Å². The van der Waals surface area contributed by atoms with E-state index >= 15 is 0 Å². The lowest BCUT2D eigenvalue weighted by Gasteiger charge is -2.41. The molecular weight excluding hydrogens is 328 g/mol. The van der Waals surface area contributed by atoms with Crippen molar-refractivity contribution < 1.29 is 14.7 Å². The molecule has 0 aromatic carbocycles. The molecule has 0 aliphatic heterocycles. The average Bonchev–Trinajstić information content (AvgIpc) is 2.62. The van der Waals surface area contributed by atoms with Crippen molar-refractivity contribution in [3.8, 4) is 0 Å². The van der Waals surface area contributed by atoms with Crippen LogP contribution in [0.1, 0.15) is 91.9 Å². The van der Waals surface area contributed by atoms with Crippen LogP contribution in [0.3, 0.4) is 0 Å². The SMILES string of the molecule is CC(C)N(C(=O)C(O)C(=O)N(C(C)C)C1CCCCC1)C1CCCCC1. The molecule has 2 aliphatic rings. The summed E-state index contributed by atoms with van der Waals surface area (Å²) in [5.74, 6) is -0.809. The summed E-state index contributed by atoms with van der Waals surface area (Å²) in [5.41, 5.74) is 0. The number of carbonyl (C=O) groups is 2. The van der Waals surface area contributed by atoms with Crippen molar-refractivity contribution >= 4 is 11.8 Å². The van der Waals surface area contributed by atoms with E-state index in [2.05, 4.69) is 0 Å². The van der Waals surface area contributed by atoms with E-state index in [1.807, 2.05) is 27.7 Å². The summed E-state index contributed by atoms with van der Waals surface area (Å²) in [6.45, 7) is 7.91. The van der Waals surface area contributed by atoms with Crippen LogP contribution >= 0.6 is 0 Å². The van der Waals surface area contributed by atoms with Crippen LogP contribution in [0.5, 0.6) is 0 Å². The molecule has 150 valence electrons. The van der Waals surface area contributed by atoms with Gasteiger partial charge in [-0.1, -0.05) is 38.5 Å². The summed E-state index contributed by atoms with van der Waals surface area (Å²) in [4.78, 5) is 29.7. The summed E-state index contributed by atoms with van der Waals surface area (Å²) in [6, 6.07) is 0.298. The number of hydrogen-bond donors (Lipinski definition) is 1. The highest BCUT2D eigenvalue weighted by molar-refractivity contribution is 6.03. The Kier molecular flexibility index (Phi) is 7.93. The van der Waals surface area contributed by atoms with Gasteiger partial charge < -0.3 is 14.9 Å². The van der Waals surface area contributed by atoms with Crippen molar-refractivity contribution in [2.45, 2.75) is 122 Å². The third-order valence-corrected chi connectivity index (χ3v) is 6.03. The quantitative estimate of drug-likeness (QED) is 0.732. The summed E-state index contributed by atoms with van der Waals surface area (Å²) in [6.07, 6.45) is 9.21. The molecule has 5 heteroatoms. The lowest BCUT2D eigenvalue weighted by molar-refractivity contribution is -0.159. The Morgan fingerprint density at radius 1 is 0.692 bits per heavy atom. The van der Waals surface area contributed by atoms with Gasteiger partial charge in [-0.25, -0.2) is 0 Å². The zero-order chi connectivity index (χ0) is 19.3. The van der Waals surface area contributed by atoms with Crippen LogP contribution in [0.15, 0.2) is 0 Å². The van der Waals surface area contributed by atoms with Gasteiger partial charge in [-0.2, -0.15) is 0 Å². The molecule has 2 fully saturated rings. The molecule has 0 radical (unpaired) electrons. The summed E-state index contributed by atoms with van der Waals surface area (Å²) in [7, 11) is 0. The van der Waals surface area contributed by atoms with E-state index in [-0.39, 0.29) is 24.2 Å². The average molecular weight is 367 g/mol. The largest absolute Gasteiger partial charge is 0.375 e. The van der Waals surface area contributed by atoms with Crippen LogP contribution in [0.25, 0.3) is 0 Å². The predicted octanol–water partition coefficient (Wildman–Crippen LogP) is 3.49. The molecule has 0 heterocycles. The van der Waals surface area contributed by atoms with Crippen LogP contribution in [0, 0.1) is 0 Å². The van der Waals surface area contributed by atoms with Crippen molar-refractivity contribution in [2.75, 3.05) is 0 Å². The minimum atomic E-state index is -1.57. The van der Waals surface area contributed by atoms with E-state index in [4.69, 9.17) is 0 Å². The fourth-order valence-corrected chi connectivity index (χ4v) is 4.82. The molecule has 0 saturated heterocycles. The molecule has 2 rings (SSSR count). The first-order chi connectivity index (χ1) is 12.3. The zero-order valence-corrected chi connectivity index (χ0v) is 17.1. The Bertz CT molecular complexity index is 424. The first kappa shape index (κ1) is 21.2. The number of aliphatic hydroxyl groups is 1. The molecule has 2 saturated carbocycles. The molecule has 0 spiro atoms. The van der Waals surface area contributed by atoms with E-state index in [0.717, 1.165) is 51.4 Å². The van der Waals surface area contributed by atoms with Gasteiger partial charge in [-0.05, 0) is 53.4 Å². The number of aliphatic hydroxyl groups excluding tert-OH is 1. The monoisotopic (exact) mass is 366 g/mol. The molecular formula is C21H38N2O3. The number of amides is 2. The first-order valence-electron chi connectivity index (χ1n) is 10.7. The van der Waals surface area contributed by atoms with E-state index in [1.165, 1.54) is 12.8 Å². The smallest absolute Gasteiger partial charge is 0.261 e. The van der Waals surface area contributed by atoms with Crippen molar-refractivity contribution in [2.24, 2.45) is 0 Å². The maximum atomic E-state index is 13.1. The minimum Gasteiger partial charge on any atom is -0.375 e. The molecule has 2 amide bonds. The van der Waals surface area contributed by atoms with Crippen LogP contribution in [-0.2, 0) is 9.59 Å². The van der Waals surface area contributed by atoms with Gasteiger partial charge in [-0.15, -0.1) is 0 Å². The Labute approximate surface area is 159 Å². The third-order valence-electron chi connectivity index (χ3n) is 6.03. The standard InChI is InChI=1S/C21H38N2O3/c1-15(2)22(17-11-7-5-8-12-17)20(25)19(24)21(26)23(16(3)4)18-13-9-6-10-14-18/h15-19,24H,5-14H2,1-4H3. The van der Waals surface area contributed by atoms with Crippen LogP contribution in [-0.4, -0.2) is 57.0 Å². The summed E-state index contributed by atoms with van der Waals surface area (Å²) >= 11 is 0.